The van der Waals surface area contributed by atoms with Gasteiger partial charge in [0.25, 0.3) is 0 Å². The average molecular weight is 329 g/mol. The smallest absolute Gasteiger partial charge is 0.153 e. The van der Waals surface area contributed by atoms with Gasteiger partial charge in [0, 0.05) is 5.69 Å². The van der Waals surface area contributed by atoms with E-state index in [1.807, 2.05) is 36.1 Å². The maximum Gasteiger partial charge on any atom is 0.153 e. The molecule has 2 heterocycles. The van der Waals surface area contributed by atoms with Crippen molar-refractivity contribution in [3.8, 4) is 5.75 Å². The van der Waals surface area contributed by atoms with E-state index in [0.29, 0.717) is 0 Å². The van der Waals surface area contributed by atoms with Gasteiger partial charge in [-0.25, -0.2) is 8.42 Å². The van der Waals surface area contributed by atoms with E-state index in [4.69, 9.17) is 17.0 Å². The number of hydrogen-bond acceptors (Lipinski definition) is 5. The van der Waals surface area contributed by atoms with E-state index < -0.39 is 15.4 Å². The van der Waals surface area contributed by atoms with Crippen LogP contribution in [0.2, 0.25) is 0 Å². The number of fused-ring (bicyclic) bond motifs is 1. The maximum atomic E-state index is 11.9. The molecule has 2 atom stereocenters. The van der Waals surface area contributed by atoms with Crippen LogP contribution in [0, 0.1) is 0 Å². The van der Waals surface area contributed by atoms with E-state index in [-0.39, 0.29) is 16.8 Å². The molecule has 0 spiro atoms. The Morgan fingerprint density at radius 3 is 2.65 bits per heavy atom. The number of methoxy groups -OCH3 is 1. The van der Waals surface area contributed by atoms with Gasteiger partial charge >= 0.3 is 0 Å². The van der Waals surface area contributed by atoms with Crippen LogP contribution >= 0.6 is 24.0 Å². The van der Waals surface area contributed by atoms with Gasteiger partial charge in [-0.3, -0.25) is 0 Å². The van der Waals surface area contributed by atoms with Gasteiger partial charge in [-0.05, 0) is 31.2 Å². The lowest BCUT2D eigenvalue weighted by Crippen LogP contribution is -2.49. The largest absolute Gasteiger partial charge is 0.497 e. The molecular formula is C13H15NO3S3. The average Bonchev–Trinajstić information content (AvgIpc) is 2.72. The van der Waals surface area contributed by atoms with Crippen molar-refractivity contribution in [2.75, 3.05) is 23.5 Å². The predicted octanol–water partition coefficient (Wildman–Crippen LogP) is 2.09. The number of hydrogen-bond donors (Lipinski definition) is 0. The number of anilines is 1. The molecule has 7 heteroatoms. The van der Waals surface area contributed by atoms with Crippen LogP contribution in [0.1, 0.15) is 6.92 Å². The zero-order valence-electron chi connectivity index (χ0n) is 11.2. The first-order valence-electron chi connectivity index (χ1n) is 6.21. The molecule has 4 nitrogen and oxygen atoms in total. The summed E-state index contributed by atoms with van der Waals surface area (Å²) in [6.45, 7) is 1.98. The highest BCUT2D eigenvalue weighted by atomic mass is 32.2. The van der Waals surface area contributed by atoms with Crippen LogP contribution in [-0.2, 0) is 9.84 Å². The highest BCUT2D eigenvalue weighted by molar-refractivity contribution is 8.24. The number of thiocarbonyl (C=S) groups is 1. The summed E-state index contributed by atoms with van der Waals surface area (Å²) in [6, 6.07) is 7.57. The summed E-state index contributed by atoms with van der Waals surface area (Å²) in [5.74, 6) is 1.14. The van der Waals surface area contributed by atoms with Crippen LogP contribution in [0.5, 0.6) is 5.75 Å². The standard InChI is InChI=1S/C13H15NO3S3/c1-13-8-20(15,16)7-11(13)19-12(18)14(13)9-3-5-10(17-2)6-4-9/h3-6,11H,7-8H2,1-2H3/t11-,13-/m0/s1. The Kier molecular flexibility index (Phi) is 3.26. The van der Waals surface area contributed by atoms with Gasteiger partial charge in [0.2, 0.25) is 0 Å². The van der Waals surface area contributed by atoms with Gasteiger partial charge in [-0.1, -0.05) is 24.0 Å². The molecule has 0 bridgehead atoms. The van der Waals surface area contributed by atoms with E-state index in [0.717, 1.165) is 15.8 Å². The molecule has 2 aliphatic heterocycles. The molecule has 1 aromatic rings. The van der Waals surface area contributed by atoms with E-state index in [1.165, 1.54) is 11.8 Å². The van der Waals surface area contributed by atoms with Crippen molar-refractivity contribution in [3.63, 3.8) is 0 Å². The summed E-state index contributed by atoms with van der Waals surface area (Å²) in [4.78, 5) is 1.99. The van der Waals surface area contributed by atoms with Crippen LogP contribution in [-0.4, -0.2) is 42.1 Å². The minimum Gasteiger partial charge on any atom is -0.497 e. The van der Waals surface area contributed by atoms with Crippen molar-refractivity contribution in [2.24, 2.45) is 0 Å². The molecule has 0 aromatic heterocycles. The Morgan fingerprint density at radius 2 is 2.05 bits per heavy atom. The van der Waals surface area contributed by atoms with Crippen molar-refractivity contribution in [1.29, 1.82) is 0 Å². The van der Waals surface area contributed by atoms with E-state index in [1.54, 1.807) is 7.11 Å². The molecule has 108 valence electrons. The van der Waals surface area contributed by atoms with Crippen LogP contribution in [0.3, 0.4) is 0 Å². The van der Waals surface area contributed by atoms with Gasteiger partial charge in [-0.15, -0.1) is 0 Å². The van der Waals surface area contributed by atoms with Crippen molar-refractivity contribution >= 4 is 43.8 Å². The minimum absolute atomic E-state index is 0.0158. The third kappa shape index (κ3) is 2.12. The molecule has 2 aliphatic rings. The monoisotopic (exact) mass is 329 g/mol. The molecule has 0 aliphatic carbocycles. The number of ether oxygens (including phenoxy) is 1. The Bertz CT molecular complexity index is 656. The van der Waals surface area contributed by atoms with Gasteiger partial charge in [-0.2, -0.15) is 0 Å². The van der Waals surface area contributed by atoms with Crippen LogP contribution in [0.15, 0.2) is 24.3 Å². The SMILES string of the molecule is COc1ccc(N2C(=S)S[C@H]3CS(=O)(=O)C[C@@]32C)cc1. The van der Waals surface area contributed by atoms with Crippen LogP contribution in [0.4, 0.5) is 5.69 Å². The molecule has 20 heavy (non-hydrogen) atoms. The van der Waals surface area contributed by atoms with E-state index >= 15 is 0 Å². The number of sulfone groups is 1. The molecule has 2 saturated heterocycles. The molecule has 2 fully saturated rings. The predicted molar refractivity (Wildman–Crippen MR) is 86.5 cm³/mol. The topological polar surface area (TPSA) is 46.6 Å². The summed E-state index contributed by atoms with van der Waals surface area (Å²) in [6.07, 6.45) is 0. The van der Waals surface area contributed by atoms with Crippen molar-refractivity contribution in [1.82, 2.24) is 0 Å². The van der Waals surface area contributed by atoms with E-state index in [9.17, 15) is 8.42 Å². The third-order valence-electron chi connectivity index (χ3n) is 3.88. The second kappa shape index (κ2) is 4.61. The van der Waals surface area contributed by atoms with Crippen molar-refractivity contribution in [3.05, 3.63) is 24.3 Å². The summed E-state index contributed by atoms with van der Waals surface area (Å²) < 4.78 is 29.8. The molecule has 0 amide bonds. The van der Waals surface area contributed by atoms with E-state index in [2.05, 4.69) is 0 Å². The Morgan fingerprint density at radius 1 is 1.40 bits per heavy atom. The zero-order chi connectivity index (χ0) is 14.5. The molecule has 1 aromatic carbocycles. The molecule has 0 unspecified atom stereocenters. The van der Waals surface area contributed by atoms with Crippen LogP contribution < -0.4 is 9.64 Å². The number of rotatable bonds is 2. The molecule has 0 N–H and O–H groups in total. The van der Waals surface area contributed by atoms with Gasteiger partial charge < -0.3 is 9.64 Å². The lowest BCUT2D eigenvalue weighted by Gasteiger charge is -2.34. The first-order valence-corrected chi connectivity index (χ1v) is 9.32. The first-order chi connectivity index (χ1) is 9.36. The third-order valence-corrected chi connectivity index (χ3v) is 7.77. The minimum atomic E-state index is -2.99. The van der Waals surface area contributed by atoms with Crippen LogP contribution in [0.25, 0.3) is 0 Å². The summed E-state index contributed by atoms with van der Waals surface area (Å²) in [5, 5.41) is 0.0158. The summed E-state index contributed by atoms with van der Waals surface area (Å²) in [5.41, 5.74) is 0.472. The first kappa shape index (κ1) is 14.2. The molecule has 0 saturated carbocycles. The fourth-order valence-corrected chi connectivity index (χ4v) is 7.82. The highest BCUT2D eigenvalue weighted by Crippen LogP contribution is 2.48. The number of nitrogens with zero attached hydrogens (tertiary/aromatic N) is 1. The maximum absolute atomic E-state index is 11.9. The Hall–Kier alpha value is -0.790. The second-order valence-electron chi connectivity index (χ2n) is 5.32. The fraction of sp³-hybridized carbons (Fsp3) is 0.462. The van der Waals surface area contributed by atoms with Gasteiger partial charge in [0.1, 0.15) is 10.1 Å². The van der Waals surface area contributed by atoms with Gasteiger partial charge in [0.15, 0.2) is 9.84 Å². The molecular weight excluding hydrogens is 314 g/mol. The summed E-state index contributed by atoms with van der Waals surface area (Å²) in [7, 11) is -1.37. The second-order valence-corrected chi connectivity index (χ2v) is 9.26. The van der Waals surface area contributed by atoms with Gasteiger partial charge in [0.05, 0.1) is 29.4 Å². The normalized spacial score (nSPS) is 31.4. The molecule has 3 rings (SSSR count). The molecule has 0 radical (unpaired) electrons. The van der Waals surface area contributed by atoms with Crippen molar-refractivity contribution < 1.29 is 13.2 Å². The van der Waals surface area contributed by atoms with Crippen molar-refractivity contribution in [2.45, 2.75) is 17.7 Å². The number of thioether (sulfide) groups is 1. The quantitative estimate of drug-likeness (QED) is 0.774. The Labute approximate surface area is 128 Å². The Balaban J connectivity index is 2.01. The fourth-order valence-electron chi connectivity index (χ4n) is 2.89. The lowest BCUT2D eigenvalue weighted by atomic mass is 9.99. The lowest BCUT2D eigenvalue weighted by molar-refractivity contribution is 0.414. The summed E-state index contributed by atoms with van der Waals surface area (Å²) >= 11 is 6.94. The highest BCUT2D eigenvalue weighted by Gasteiger charge is 2.57. The number of benzene rings is 1. The zero-order valence-corrected chi connectivity index (χ0v) is 13.6.